The van der Waals surface area contributed by atoms with Crippen LogP contribution in [0.2, 0.25) is 0 Å². The summed E-state index contributed by atoms with van der Waals surface area (Å²) >= 11 is 0. The summed E-state index contributed by atoms with van der Waals surface area (Å²) in [6.45, 7) is 1.56. The molecule has 2 aromatic carbocycles. The zero-order chi connectivity index (χ0) is 19.8. The quantitative estimate of drug-likeness (QED) is 0.614. The number of carboxylic acids is 2. The molecule has 0 amide bonds. The van der Waals surface area contributed by atoms with Gasteiger partial charge in [0.2, 0.25) is 0 Å². The van der Waals surface area contributed by atoms with Crippen LogP contribution in [0.5, 0.6) is 11.5 Å². The Morgan fingerprint density at radius 3 is 2.26 bits per heavy atom. The molecule has 0 fully saturated rings. The molecular formula is C19H18N2O6. The van der Waals surface area contributed by atoms with E-state index in [0.717, 1.165) is 0 Å². The van der Waals surface area contributed by atoms with Gasteiger partial charge in [-0.3, -0.25) is 0 Å². The first-order valence-corrected chi connectivity index (χ1v) is 8.04. The Hall–Kier alpha value is -3.73. The molecule has 0 aromatic heterocycles. The summed E-state index contributed by atoms with van der Waals surface area (Å²) in [6, 6.07) is 11.7. The minimum Gasteiger partial charge on any atom is -0.494 e. The number of hydrogen-bond acceptors (Lipinski definition) is 6. The van der Waals surface area contributed by atoms with E-state index in [9.17, 15) is 14.7 Å². The molecule has 3 N–H and O–H groups in total. The number of aliphatic carboxylic acids is 2. The van der Waals surface area contributed by atoms with Gasteiger partial charge in [0.15, 0.2) is 12.6 Å². The highest BCUT2D eigenvalue weighted by Gasteiger charge is 2.22. The SMILES string of the molecule is CCOc1cc(OCC(=O)O)cc(C(Nc2ccc(C#N)cc2)C(=O)O)c1. The van der Waals surface area contributed by atoms with Crippen LogP contribution in [-0.4, -0.2) is 35.4 Å². The van der Waals surface area contributed by atoms with Crippen LogP contribution in [0.1, 0.15) is 24.1 Å². The summed E-state index contributed by atoms with van der Waals surface area (Å²) in [5.41, 5.74) is 1.30. The lowest BCUT2D eigenvalue weighted by Gasteiger charge is -2.18. The number of anilines is 1. The number of ether oxygens (including phenoxy) is 2. The fourth-order valence-electron chi connectivity index (χ4n) is 2.33. The molecule has 2 rings (SSSR count). The van der Waals surface area contributed by atoms with Crippen LogP contribution in [0.25, 0.3) is 0 Å². The molecule has 27 heavy (non-hydrogen) atoms. The third-order valence-corrected chi connectivity index (χ3v) is 3.48. The molecule has 1 unspecified atom stereocenters. The van der Waals surface area contributed by atoms with E-state index < -0.39 is 24.6 Å². The van der Waals surface area contributed by atoms with Crippen molar-refractivity contribution >= 4 is 17.6 Å². The highest BCUT2D eigenvalue weighted by molar-refractivity contribution is 5.79. The molecule has 8 nitrogen and oxygen atoms in total. The first kappa shape index (κ1) is 19.6. The van der Waals surface area contributed by atoms with Gasteiger partial charge >= 0.3 is 11.9 Å². The number of carboxylic acid groups (broad SMARTS) is 2. The van der Waals surface area contributed by atoms with E-state index in [-0.39, 0.29) is 5.75 Å². The summed E-state index contributed by atoms with van der Waals surface area (Å²) in [4.78, 5) is 22.5. The third kappa shape index (κ3) is 5.64. The predicted octanol–water partition coefficient (Wildman–Crippen LogP) is 2.66. The molecule has 0 spiro atoms. The van der Waals surface area contributed by atoms with Crippen molar-refractivity contribution in [2.45, 2.75) is 13.0 Å². The molecule has 0 heterocycles. The summed E-state index contributed by atoms with van der Waals surface area (Å²) in [5, 5.41) is 30.1. The van der Waals surface area contributed by atoms with Crippen LogP contribution in [0.15, 0.2) is 42.5 Å². The molecule has 0 bridgehead atoms. The van der Waals surface area contributed by atoms with Gasteiger partial charge < -0.3 is 25.0 Å². The zero-order valence-electron chi connectivity index (χ0n) is 14.5. The average Bonchev–Trinajstić information content (AvgIpc) is 2.64. The summed E-state index contributed by atoms with van der Waals surface area (Å²) in [6.07, 6.45) is 0. The smallest absolute Gasteiger partial charge is 0.341 e. The predicted molar refractivity (Wildman–Crippen MR) is 95.9 cm³/mol. The molecule has 1 atom stereocenters. The highest BCUT2D eigenvalue weighted by atomic mass is 16.5. The van der Waals surface area contributed by atoms with Crippen molar-refractivity contribution in [3.8, 4) is 17.6 Å². The normalized spacial score (nSPS) is 11.1. The first-order chi connectivity index (χ1) is 12.9. The van der Waals surface area contributed by atoms with Gasteiger partial charge in [-0.05, 0) is 48.9 Å². The standard InChI is InChI=1S/C19H18N2O6/c1-2-26-15-7-13(8-16(9-15)27-11-17(22)23)18(19(24)25)21-14-5-3-12(10-20)4-6-14/h3-9,18,21H,2,11H2,1H3,(H,22,23)(H,24,25). The number of carbonyl (C=O) groups is 2. The van der Waals surface area contributed by atoms with Crippen molar-refractivity contribution in [2.75, 3.05) is 18.5 Å². The topological polar surface area (TPSA) is 129 Å². The average molecular weight is 370 g/mol. The number of nitriles is 1. The van der Waals surface area contributed by atoms with Crippen molar-refractivity contribution in [2.24, 2.45) is 0 Å². The van der Waals surface area contributed by atoms with Gasteiger partial charge in [0.05, 0.1) is 18.2 Å². The Kier molecular flexibility index (Phi) is 6.61. The number of nitrogens with zero attached hydrogens (tertiary/aromatic N) is 1. The van der Waals surface area contributed by atoms with Crippen molar-refractivity contribution in [1.29, 1.82) is 5.26 Å². The van der Waals surface area contributed by atoms with Gasteiger partial charge in [0.1, 0.15) is 11.5 Å². The van der Waals surface area contributed by atoms with Crippen LogP contribution in [0.3, 0.4) is 0 Å². The van der Waals surface area contributed by atoms with E-state index in [4.69, 9.17) is 19.8 Å². The van der Waals surface area contributed by atoms with E-state index in [1.165, 1.54) is 12.1 Å². The lowest BCUT2D eigenvalue weighted by Crippen LogP contribution is -2.21. The Morgan fingerprint density at radius 2 is 1.74 bits per heavy atom. The van der Waals surface area contributed by atoms with E-state index in [1.54, 1.807) is 37.3 Å². The van der Waals surface area contributed by atoms with Crippen LogP contribution < -0.4 is 14.8 Å². The maximum atomic E-state index is 11.8. The second-order valence-electron chi connectivity index (χ2n) is 5.46. The Balaban J connectivity index is 2.34. The van der Waals surface area contributed by atoms with Gasteiger partial charge in [0, 0.05) is 11.8 Å². The highest BCUT2D eigenvalue weighted by Crippen LogP contribution is 2.29. The third-order valence-electron chi connectivity index (χ3n) is 3.48. The molecule has 0 radical (unpaired) electrons. The minimum absolute atomic E-state index is 0.186. The van der Waals surface area contributed by atoms with Crippen molar-refractivity contribution in [3.63, 3.8) is 0 Å². The fraction of sp³-hybridized carbons (Fsp3) is 0.211. The van der Waals surface area contributed by atoms with Gasteiger partial charge in [-0.1, -0.05) is 0 Å². The van der Waals surface area contributed by atoms with Crippen LogP contribution in [-0.2, 0) is 9.59 Å². The van der Waals surface area contributed by atoms with Crippen molar-refractivity contribution in [1.82, 2.24) is 0 Å². The Labute approximate surface area is 155 Å². The second kappa shape index (κ2) is 9.10. The van der Waals surface area contributed by atoms with Gasteiger partial charge in [-0.25, -0.2) is 9.59 Å². The van der Waals surface area contributed by atoms with E-state index in [2.05, 4.69) is 5.32 Å². The molecule has 8 heteroatoms. The number of hydrogen-bond donors (Lipinski definition) is 3. The Morgan fingerprint density at radius 1 is 1.11 bits per heavy atom. The first-order valence-electron chi connectivity index (χ1n) is 8.04. The summed E-state index contributed by atoms with van der Waals surface area (Å²) in [7, 11) is 0. The monoisotopic (exact) mass is 370 g/mol. The molecular weight excluding hydrogens is 352 g/mol. The van der Waals surface area contributed by atoms with Gasteiger partial charge in [0.25, 0.3) is 0 Å². The van der Waals surface area contributed by atoms with Crippen LogP contribution >= 0.6 is 0 Å². The molecule has 140 valence electrons. The molecule has 0 saturated carbocycles. The van der Waals surface area contributed by atoms with Gasteiger partial charge in [-0.15, -0.1) is 0 Å². The van der Waals surface area contributed by atoms with Crippen LogP contribution in [0.4, 0.5) is 5.69 Å². The zero-order valence-corrected chi connectivity index (χ0v) is 14.5. The largest absolute Gasteiger partial charge is 0.494 e. The summed E-state index contributed by atoms with van der Waals surface area (Å²) < 4.78 is 10.6. The van der Waals surface area contributed by atoms with E-state index >= 15 is 0 Å². The maximum Gasteiger partial charge on any atom is 0.341 e. The van der Waals surface area contributed by atoms with E-state index in [0.29, 0.717) is 29.2 Å². The van der Waals surface area contributed by atoms with Crippen molar-refractivity contribution < 1.29 is 29.3 Å². The minimum atomic E-state index is -1.15. The molecule has 2 aromatic rings. The number of nitrogens with one attached hydrogen (secondary N) is 1. The van der Waals surface area contributed by atoms with Crippen LogP contribution in [0, 0.1) is 11.3 Å². The summed E-state index contributed by atoms with van der Waals surface area (Å²) in [5.74, 6) is -1.74. The molecule has 0 aliphatic rings. The van der Waals surface area contributed by atoms with E-state index in [1.807, 2.05) is 6.07 Å². The fourth-order valence-corrected chi connectivity index (χ4v) is 2.33. The Bertz CT molecular complexity index is 857. The van der Waals surface area contributed by atoms with Crippen molar-refractivity contribution in [3.05, 3.63) is 53.6 Å². The molecule has 0 saturated heterocycles. The second-order valence-corrected chi connectivity index (χ2v) is 5.46. The number of rotatable bonds is 9. The maximum absolute atomic E-state index is 11.8. The molecule has 0 aliphatic carbocycles. The number of benzene rings is 2. The lowest BCUT2D eigenvalue weighted by atomic mass is 10.1. The molecule has 0 aliphatic heterocycles. The lowest BCUT2D eigenvalue weighted by molar-refractivity contribution is -0.139. The van der Waals surface area contributed by atoms with Gasteiger partial charge in [-0.2, -0.15) is 5.26 Å².